The molecule has 3 aromatic rings. The van der Waals surface area contributed by atoms with E-state index in [0.717, 1.165) is 18.5 Å². The van der Waals surface area contributed by atoms with Gasteiger partial charge in [0.2, 0.25) is 20.0 Å². The van der Waals surface area contributed by atoms with E-state index in [-0.39, 0.29) is 9.92 Å². The number of nitrogens with two attached hydrogens (primary N) is 1. The number of ether oxygens (including phenoxy) is 1. The van der Waals surface area contributed by atoms with Gasteiger partial charge in [0.15, 0.2) is 0 Å². The smallest absolute Gasteiger partial charge is 0.322 e. The number of hydrogen-bond acceptors (Lipinski definition) is 7. The first-order chi connectivity index (χ1) is 15.3. The third kappa shape index (κ3) is 8.16. The Bertz CT molecular complexity index is 1330. The highest BCUT2D eigenvalue weighted by Crippen LogP contribution is 2.25. The molecule has 0 unspecified atom stereocenters. The lowest BCUT2D eigenvalue weighted by molar-refractivity contribution is 0.411. The van der Waals surface area contributed by atoms with Crippen LogP contribution in [0, 0.1) is 0 Å². The van der Waals surface area contributed by atoms with E-state index in [0.29, 0.717) is 29.0 Å². The van der Waals surface area contributed by atoms with Crippen LogP contribution in [0.4, 0.5) is 5.69 Å². The van der Waals surface area contributed by atoms with Crippen LogP contribution in [0.25, 0.3) is 0 Å². The van der Waals surface area contributed by atoms with Gasteiger partial charge in [-0.15, -0.1) is 5.10 Å². The van der Waals surface area contributed by atoms with Crippen molar-refractivity contribution >= 4 is 48.9 Å². The van der Waals surface area contributed by atoms with E-state index in [2.05, 4.69) is 14.9 Å². The maximum Gasteiger partial charge on any atom is 0.322 e. The monoisotopic (exact) mass is 535 g/mol. The van der Waals surface area contributed by atoms with Gasteiger partial charge < -0.3 is 4.74 Å². The van der Waals surface area contributed by atoms with Gasteiger partial charge in [0.25, 0.3) is 0 Å². The second kappa shape index (κ2) is 11.2. The van der Waals surface area contributed by atoms with E-state index < -0.39 is 20.0 Å². The quantitative estimate of drug-likeness (QED) is 0.469. The van der Waals surface area contributed by atoms with Crippen LogP contribution in [0.15, 0.2) is 47.4 Å². The summed E-state index contributed by atoms with van der Waals surface area (Å²) in [5.41, 5.74) is 0.438. The van der Waals surface area contributed by atoms with Crippen molar-refractivity contribution < 1.29 is 21.6 Å². The minimum atomic E-state index is -3.69. The topological polar surface area (TPSA) is 146 Å². The molecule has 0 aliphatic heterocycles. The summed E-state index contributed by atoms with van der Waals surface area (Å²) in [6.45, 7) is 4.68. The summed E-state index contributed by atoms with van der Waals surface area (Å²) in [5.74, 6) is 1.34. The molecule has 0 saturated heterocycles. The van der Waals surface area contributed by atoms with Gasteiger partial charge in [-0.3, -0.25) is 9.29 Å². The Morgan fingerprint density at radius 2 is 1.73 bits per heavy atom. The summed E-state index contributed by atoms with van der Waals surface area (Å²) in [5, 5.41) is 13.4. The number of aromatic nitrogens is 3. The van der Waals surface area contributed by atoms with Crippen molar-refractivity contribution in [2.45, 2.75) is 31.7 Å². The van der Waals surface area contributed by atoms with Gasteiger partial charge in [-0.05, 0) is 37.3 Å². The first-order valence-electron chi connectivity index (χ1n) is 9.49. The van der Waals surface area contributed by atoms with Gasteiger partial charge in [0.05, 0.1) is 26.9 Å². The lowest BCUT2D eigenvalue weighted by atomic mass is 10.3. The SMILES string of the molecule is CCc1nnc(Oc2cccc(NS(C)(=O)=O)c2)n1CC.NS(=O)(=O)c1ccc(Cl)c(Cl)c1. The van der Waals surface area contributed by atoms with Gasteiger partial charge in [-0.2, -0.15) is 0 Å². The first-order valence-corrected chi connectivity index (χ1v) is 13.7. The number of sulfonamides is 2. The van der Waals surface area contributed by atoms with Crippen molar-refractivity contribution in [1.82, 2.24) is 14.8 Å². The van der Waals surface area contributed by atoms with Crippen molar-refractivity contribution in [2.24, 2.45) is 5.14 Å². The van der Waals surface area contributed by atoms with Gasteiger partial charge in [0.1, 0.15) is 11.6 Å². The standard InChI is InChI=1S/C13H18N4O3S.C6H5Cl2NO2S/c1-4-12-14-15-13(17(12)5-2)20-11-8-6-7-10(9-11)16-21(3,18)19;7-5-2-1-4(3-6(5)8)12(9,10)11/h6-9,16H,4-5H2,1-3H3;1-3H,(H2,9,10,11). The molecule has 0 amide bonds. The lowest BCUT2D eigenvalue weighted by Gasteiger charge is -2.09. The highest BCUT2D eigenvalue weighted by Gasteiger charge is 2.12. The number of rotatable bonds is 7. The summed E-state index contributed by atoms with van der Waals surface area (Å²) in [4.78, 5) is -0.0445. The van der Waals surface area contributed by atoms with Gasteiger partial charge in [-0.1, -0.05) is 41.3 Å². The summed E-state index contributed by atoms with van der Waals surface area (Å²) in [6, 6.07) is 11.0. The highest BCUT2D eigenvalue weighted by atomic mass is 35.5. The molecule has 0 bridgehead atoms. The maximum absolute atomic E-state index is 11.2. The minimum absolute atomic E-state index is 0.0445. The molecule has 33 heavy (non-hydrogen) atoms. The zero-order valence-electron chi connectivity index (χ0n) is 18.0. The van der Waals surface area contributed by atoms with E-state index >= 15 is 0 Å². The Hall–Kier alpha value is -2.38. The zero-order valence-corrected chi connectivity index (χ0v) is 21.1. The molecule has 1 heterocycles. The van der Waals surface area contributed by atoms with Crippen LogP contribution in [-0.4, -0.2) is 37.9 Å². The molecule has 10 nitrogen and oxygen atoms in total. The second-order valence-corrected chi connectivity index (χ2v) is 10.7. The molecule has 14 heteroatoms. The van der Waals surface area contributed by atoms with Crippen LogP contribution in [0.3, 0.4) is 0 Å². The van der Waals surface area contributed by atoms with Crippen LogP contribution < -0.4 is 14.6 Å². The Morgan fingerprint density at radius 1 is 1.03 bits per heavy atom. The van der Waals surface area contributed by atoms with Gasteiger partial charge in [-0.25, -0.2) is 22.0 Å². The van der Waals surface area contributed by atoms with Crippen LogP contribution >= 0.6 is 23.2 Å². The van der Waals surface area contributed by atoms with Crippen molar-refractivity contribution in [3.05, 3.63) is 58.3 Å². The van der Waals surface area contributed by atoms with Gasteiger partial charge in [0, 0.05) is 19.0 Å². The minimum Gasteiger partial charge on any atom is -0.424 e. The van der Waals surface area contributed by atoms with E-state index in [1.807, 2.05) is 18.4 Å². The number of benzene rings is 2. The third-order valence-corrected chi connectivity index (χ3v) is 6.25. The average Bonchev–Trinajstić information content (AvgIpc) is 3.10. The van der Waals surface area contributed by atoms with Crippen LogP contribution in [0.2, 0.25) is 10.0 Å². The van der Waals surface area contributed by atoms with Crippen molar-refractivity contribution in [3.8, 4) is 11.8 Å². The molecule has 0 spiro atoms. The Kier molecular flexibility index (Phi) is 9.09. The molecule has 3 rings (SSSR count). The molecular formula is C19H23Cl2N5O5S2. The third-order valence-electron chi connectivity index (χ3n) is 3.99. The number of aryl methyl sites for hydroxylation is 1. The molecule has 0 radical (unpaired) electrons. The fraction of sp³-hybridized carbons (Fsp3) is 0.263. The van der Waals surface area contributed by atoms with E-state index in [1.54, 1.807) is 24.3 Å². The molecule has 0 saturated carbocycles. The first kappa shape index (κ1) is 26.9. The zero-order chi connectivity index (χ0) is 24.8. The molecular weight excluding hydrogens is 513 g/mol. The van der Waals surface area contributed by atoms with Crippen LogP contribution in [0.1, 0.15) is 19.7 Å². The summed E-state index contributed by atoms with van der Waals surface area (Å²) in [7, 11) is -7.00. The number of nitrogens with zero attached hydrogens (tertiary/aromatic N) is 3. The average molecular weight is 536 g/mol. The molecule has 0 atom stereocenters. The van der Waals surface area contributed by atoms with Crippen molar-refractivity contribution in [3.63, 3.8) is 0 Å². The molecule has 2 aromatic carbocycles. The molecule has 180 valence electrons. The fourth-order valence-corrected chi connectivity index (χ4v) is 4.03. The summed E-state index contributed by atoms with van der Waals surface area (Å²) in [6.07, 6.45) is 1.86. The largest absolute Gasteiger partial charge is 0.424 e. The number of anilines is 1. The predicted octanol–water partition coefficient (Wildman–Crippen LogP) is 3.67. The van der Waals surface area contributed by atoms with E-state index in [1.165, 1.54) is 18.2 Å². The Morgan fingerprint density at radius 3 is 2.27 bits per heavy atom. The number of primary sulfonamides is 1. The van der Waals surface area contributed by atoms with Crippen molar-refractivity contribution in [2.75, 3.05) is 11.0 Å². The predicted molar refractivity (Wildman–Crippen MR) is 128 cm³/mol. The highest BCUT2D eigenvalue weighted by molar-refractivity contribution is 7.92. The Labute approximate surface area is 202 Å². The fourth-order valence-electron chi connectivity index (χ4n) is 2.57. The molecule has 0 aliphatic carbocycles. The second-order valence-electron chi connectivity index (χ2n) is 6.62. The number of hydrogen-bond donors (Lipinski definition) is 2. The summed E-state index contributed by atoms with van der Waals surface area (Å²) < 4.78 is 54.0. The molecule has 0 aliphatic rings. The normalized spacial score (nSPS) is 11.5. The summed E-state index contributed by atoms with van der Waals surface area (Å²) >= 11 is 11.1. The van der Waals surface area contributed by atoms with E-state index in [9.17, 15) is 16.8 Å². The van der Waals surface area contributed by atoms with Crippen LogP contribution in [0.5, 0.6) is 11.8 Å². The van der Waals surface area contributed by atoms with Gasteiger partial charge >= 0.3 is 6.01 Å². The molecule has 0 fully saturated rings. The Balaban J connectivity index is 0.000000273. The number of nitrogens with one attached hydrogen (secondary N) is 1. The maximum atomic E-state index is 11.2. The lowest BCUT2D eigenvalue weighted by Crippen LogP contribution is -2.11. The number of halogens is 2. The van der Waals surface area contributed by atoms with Crippen LogP contribution in [-0.2, 0) is 33.0 Å². The molecule has 3 N–H and O–H groups in total. The molecule has 1 aromatic heterocycles. The van der Waals surface area contributed by atoms with E-state index in [4.69, 9.17) is 33.1 Å². The van der Waals surface area contributed by atoms with Crippen molar-refractivity contribution in [1.29, 1.82) is 0 Å².